The Hall–Kier alpha value is -2.14. The van der Waals surface area contributed by atoms with Crippen molar-refractivity contribution in [3.05, 3.63) is 54.4 Å². The van der Waals surface area contributed by atoms with E-state index in [9.17, 15) is 0 Å². The molecule has 0 bridgehead atoms. The van der Waals surface area contributed by atoms with Gasteiger partial charge in [-0.3, -0.25) is 4.98 Å². The molecule has 3 rings (SSSR count). The Bertz CT molecular complexity index is 657. The van der Waals surface area contributed by atoms with E-state index in [1.165, 1.54) is 30.6 Å². The molecule has 1 saturated heterocycles. The number of nitrogens with zero attached hydrogens (tertiary/aromatic N) is 2. The quantitative estimate of drug-likeness (QED) is 0.829. The summed E-state index contributed by atoms with van der Waals surface area (Å²) in [6.45, 7) is 5.38. The summed E-state index contributed by atoms with van der Waals surface area (Å²) in [6.07, 6.45) is 6.13. The maximum Gasteiger partial charge on any atom is 0.171 e. The van der Waals surface area contributed by atoms with E-state index in [2.05, 4.69) is 51.7 Å². The minimum Gasteiger partial charge on any atom is -0.371 e. The SMILES string of the molecule is C[C@@H]1CCCN(c2ccc(CNC(=S)Nc3cccnc3)cc2)C1. The molecule has 1 atom stereocenters. The normalized spacial score (nSPS) is 17.4. The summed E-state index contributed by atoms with van der Waals surface area (Å²) in [4.78, 5) is 6.55. The second-order valence-electron chi connectivity index (χ2n) is 6.41. The van der Waals surface area contributed by atoms with Gasteiger partial charge in [0.15, 0.2) is 5.11 Å². The summed E-state index contributed by atoms with van der Waals surface area (Å²) in [5.74, 6) is 0.788. The number of rotatable bonds is 4. The van der Waals surface area contributed by atoms with Crippen LogP contribution in [-0.4, -0.2) is 23.2 Å². The first-order valence-corrected chi connectivity index (χ1v) is 8.90. The number of nitrogens with one attached hydrogen (secondary N) is 2. The Morgan fingerprint density at radius 1 is 1.29 bits per heavy atom. The van der Waals surface area contributed by atoms with Crippen molar-refractivity contribution in [2.24, 2.45) is 5.92 Å². The zero-order valence-corrected chi connectivity index (χ0v) is 14.9. The van der Waals surface area contributed by atoms with Crippen molar-refractivity contribution >= 4 is 28.7 Å². The van der Waals surface area contributed by atoms with Gasteiger partial charge < -0.3 is 15.5 Å². The van der Waals surface area contributed by atoms with Crippen LogP contribution in [-0.2, 0) is 6.54 Å². The molecule has 4 nitrogen and oxygen atoms in total. The summed E-state index contributed by atoms with van der Waals surface area (Å²) in [5, 5.41) is 6.97. The van der Waals surface area contributed by atoms with Gasteiger partial charge in [0.2, 0.25) is 0 Å². The van der Waals surface area contributed by atoms with E-state index in [0.717, 1.165) is 18.2 Å². The minimum absolute atomic E-state index is 0.608. The molecule has 2 N–H and O–H groups in total. The largest absolute Gasteiger partial charge is 0.371 e. The fourth-order valence-corrected chi connectivity index (χ4v) is 3.23. The van der Waals surface area contributed by atoms with Crippen LogP contribution < -0.4 is 15.5 Å². The molecule has 0 spiro atoms. The van der Waals surface area contributed by atoms with E-state index >= 15 is 0 Å². The van der Waals surface area contributed by atoms with Crippen molar-refractivity contribution in [2.45, 2.75) is 26.3 Å². The topological polar surface area (TPSA) is 40.2 Å². The van der Waals surface area contributed by atoms with Gasteiger partial charge in [-0.1, -0.05) is 19.1 Å². The van der Waals surface area contributed by atoms with Crippen LogP contribution in [0.5, 0.6) is 0 Å². The molecule has 5 heteroatoms. The number of aromatic nitrogens is 1. The molecule has 1 aliphatic heterocycles. The fourth-order valence-electron chi connectivity index (χ4n) is 3.04. The Balaban J connectivity index is 1.50. The molecule has 1 aromatic carbocycles. The Kier molecular flexibility index (Phi) is 5.64. The molecule has 2 aromatic rings. The zero-order valence-electron chi connectivity index (χ0n) is 14.0. The standard InChI is InChI=1S/C19H24N4S/c1-15-4-3-11-23(14-15)18-8-6-16(7-9-18)12-21-19(24)22-17-5-2-10-20-13-17/h2,5-10,13,15H,3-4,11-12,14H2,1H3,(H2,21,22,24)/t15-/m1/s1. The Morgan fingerprint density at radius 3 is 2.83 bits per heavy atom. The molecule has 0 amide bonds. The highest BCUT2D eigenvalue weighted by molar-refractivity contribution is 7.80. The van der Waals surface area contributed by atoms with Crippen molar-refractivity contribution < 1.29 is 0 Å². The summed E-state index contributed by atoms with van der Waals surface area (Å²) >= 11 is 5.32. The minimum atomic E-state index is 0.608. The van der Waals surface area contributed by atoms with Crippen molar-refractivity contribution in [3.8, 4) is 0 Å². The first-order chi connectivity index (χ1) is 11.7. The third-order valence-corrected chi connectivity index (χ3v) is 4.58. The summed E-state index contributed by atoms with van der Waals surface area (Å²) < 4.78 is 0. The van der Waals surface area contributed by atoms with Gasteiger partial charge >= 0.3 is 0 Å². The van der Waals surface area contributed by atoms with Crippen LogP contribution >= 0.6 is 12.2 Å². The van der Waals surface area contributed by atoms with E-state index in [0.29, 0.717) is 11.7 Å². The average molecular weight is 340 g/mol. The molecular weight excluding hydrogens is 316 g/mol. The van der Waals surface area contributed by atoms with Gasteiger partial charge in [0.1, 0.15) is 0 Å². The van der Waals surface area contributed by atoms with Gasteiger partial charge in [-0.15, -0.1) is 0 Å². The number of benzene rings is 1. The van der Waals surface area contributed by atoms with Crippen molar-refractivity contribution in [1.82, 2.24) is 10.3 Å². The van der Waals surface area contributed by atoms with Crippen LogP contribution in [0.1, 0.15) is 25.3 Å². The summed E-state index contributed by atoms with van der Waals surface area (Å²) in [5.41, 5.74) is 3.44. The van der Waals surface area contributed by atoms with E-state index in [1.807, 2.05) is 12.1 Å². The van der Waals surface area contributed by atoms with Gasteiger partial charge in [0, 0.05) is 31.5 Å². The Labute approximate surface area is 149 Å². The maximum absolute atomic E-state index is 5.32. The van der Waals surface area contributed by atoms with Gasteiger partial charge in [-0.05, 0) is 60.8 Å². The van der Waals surface area contributed by atoms with Crippen LogP contribution in [0, 0.1) is 5.92 Å². The van der Waals surface area contributed by atoms with Gasteiger partial charge in [-0.25, -0.2) is 0 Å². The van der Waals surface area contributed by atoms with Crippen molar-refractivity contribution in [2.75, 3.05) is 23.3 Å². The van der Waals surface area contributed by atoms with E-state index in [1.54, 1.807) is 12.4 Å². The number of piperidine rings is 1. The molecule has 0 saturated carbocycles. The first kappa shape index (κ1) is 16.7. The lowest BCUT2D eigenvalue weighted by Crippen LogP contribution is -2.34. The second kappa shape index (κ2) is 8.11. The molecule has 1 fully saturated rings. The number of thiocarbonyl (C=S) groups is 1. The van der Waals surface area contributed by atoms with Gasteiger partial charge in [0.25, 0.3) is 0 Å². The van der Waals surface area contributed by atoms with Crippen LogP contribution in [0.4, 0.5) is 11.4 Å². The van der Waals surface area contributed by atoms with Crippen LogP contribution in [0.2, 0.25) is 0 Å². The molecule has 0 aliphatic carbocycles. The molecule has 0 unspecified atom stereocenters. The van der Waals surface area contributed by atoms with Crippen LogP contribution in [0.25, 0.3) is 0 Å². The predicted molar refractivity (Wildman–Crippen MR) is 104 cm³/mol. The molecule has 1 aromatic heterocycles. The number of pyridine rings is 1. The molecule has 24 heavy (non-hydrogen) atoms. The van der Waals surface area contributed by atoms with Crippen molar-refractivity contribution in [3.63, 3.8) is 0 Å². The average Bonchev–Trinajstić information content (AvgIpc) is 2.61. The lowest BCUT2D eigenvalue weighted by molar-refractivity contribution is 0.447. The maximum atomic E-state index is 5.32. The molecule has 0 radical (unpaired) electrons. The zero-order chi connectivity index (χ0) is 16.8. The second-order valence-corrected chi connectivity index (χ2v) is 6.82. The fraction of sp³-hybridized carbons (Fsp3) is 0.368. The third kappa shape index (κ3) is 4.68. The van der Waals surface area contributed by atoms with Crippen molar-refractivity contribution in [1.29, 1.82) is 0 Å². The van der Waals surface area contributed by atoms with Crippen LogP contribution in [0.15, 0.2) is 48.8 Å². The van der Waals surface area contributed by atoms with Crippen LogP contribution in [0.3, 0.4) is 0 Å². The smallest absolute Gasteiger partial charge is 0.171 e. The summed E-state index contributed by atoms with van der Waals surface area (Å²) in [7, 11) is 0. The van der Waals surface area contributed by atoms with E-state index < -0.39 is 0 Å². The monoisotopic (exact) mass is 340 g/mol. The number of anilines is 2. The van der Waals surface area contributed by atoms with Gasteiger partial charge in [-0.2, -0.15) is 0 Å². The highest BCUT2D eigenvalue weighted by Gasteiger charge is 2.16. The van der Waals surface area contributed by atoms with Gasteiger partial charge in [0.05, 0.1) is 11.9 Å². The first-order valence-electron chi connectivity index (χ1n) is 8.49. The van der Waals surface area contributed by atoms with E-state index in [-0.39, 0.29) is 0 Å². The third-order valence-electron chi connectivity index (χ3n) is 4.33. The lowest BCUT2D eigenvalue weighted by Gasteiger charge is -2.32. The highest BCUT2D eigenvalue weighted by atomic mass is 32.1. The summed E-state index contributed by atoms with van der Waals surface area (Å²) in [6, 6.07) is 12.6. The lowest BCUT2D eigenvalue weighted by atomic mass is 9.99. The molecular formula is C19H24N4S. The highest BCUT2D eigenvalue weighted by Crippen LogP contribution is 2.23. The Morgan fingerprint density at radius 2 is 2.12 bits per heavy atom. The molecule has 2 heterocycles. The molecule has 126 valence electrons. The number of hydrogen-bond donors (Lipinski definition) is 2. The molecule has 1 aliphatic rings. The number of hydrogen-bond acceptors (Lipinski definition) is 3. The predicted octanol–water partition coefficient (Wildman–Crippen LogP) is 3.80. The van der Waals surface area contributed by atoms with E-state index in [4.69, 9.17) is 12.2 Å².